The number of hydrogen-bond acceptors (Lipinski definition) is 4. The normalized spacial score (nSPS) is 23.0. The van der Waals surface area contributed by atoms with Gasteiger partial charge >= 0.3 is 0 Å². The Hall–Kier alpha value is -0.500. The van der Waals surface area contributed by atoms with Crippen LogP contribution >= 0.6 is 34.4 Å². The molecule has 0 bridgehead atoms. The zero-order chi connectivity index (χ0) is 13.2. The van der Waals surface area contributed by atoms with Crippen molar-refractivity contribution in [2.75, 3.05) is 17.6 Å². The fraction of sp³-hybridized carbons (Fsp3) is 0.500. The Morgan fingerprint density at radius 1 is 1.61 bits per heavy atom. The van der Waals surface area contributed by atoms with Gasteiger partial charge in [-0.1, -0.05) is 0 Å². The van der Waals surface area contributed by atoms with Crippen molar-refractivity contribution in [3.8, 4) is 0 Å². The van der Waals surface area contributed by atoms with Crippen molar-refractivity contribution in [3.63, 3.8) is 0 Å². The predicted molar refractivity (Wildman–Crippen MR) is 84.4 cm³/mol. The van der Waals surface area contributed by atoms with Crippen molar-refractivity contribution in [1.82, 2.24) is 0 Å². The Labute approximate surface area is 124 Å². The Morgan fingerprint density at radius 3 is 2.94 bits per heavy atom. The van der Waals surface area contributed by atoms with E-state index in [1.807, 2.05) is 11.8 Å². The number of thioether (sulfide) groups is 1. The lowest BCUT2D eigenvalue weighted by Crippen LogP contribution is -2.27. The van der Waals surface area contributed by atoms with Gasteiger partial charge in [-0.05, 0) is 54.2 Å². The molecule has 1 aliphatic rings. The van der Waals surface area contributed by atoms with E-state index in [9.17, 15) is 10.1 Å². The van der Waals surface area contributed by atoms with Crippen LogP contribution in [0.5, 0.6) is 0 Å². The van der Waals surface area contributed by atoms with Crippen molar-refractivity contribution >= 4 is 45.7 Å². The summed E-state index contributed by atoms with van der Waals surface area (Å²) < 4.78 is 1.19. The van der Waals surface area contributed by atoms with Crippen LogP contribution in [0.2, 0.25) is 0 Å². The number of nitro benzene ring substituents is 1. The third-order valence-corrected chi connectivity index (χ3v) is 5.55. The molecule has 1 aromatic rings. The zero-order valence-corrected chi connectivity index (χ0v) is 13.1. The topological polar surface area (TPSA) is 55.2 Å². The van der Waals surface area contributed by atoms with Gasteiger partial charge in [0.25, 0.3) is 5.69 Å². The van der Waals surface area contributed by atoms with Crippen molar-refractivity contribution in [1.29, 1.82) is 0 Å². The molecule has 0 amide bonds. The van der Waals surface area contributed by atoms with Gasteiger partial charge in [-0.25, -0.2) is 0 Å². The first kappa shape index (κ1) is 13.9. The van der Waals surface area contributed by atoms with Crippen LogP contribution in [0.4, 0.5) is 11.4 Å². The third-order valence-electron chi connectivity index (χ3n) is 3.12. The molecule has 2 rings (SSSR count). The number of non-ortho nitro benzene ring substituents is 1. The largest absolute Gasteiger partial charge is 0.383 e. The van der Waals surface area contributed by atoms with E-state index in [1.54, 1.807) is 18.2 Å². The Balaban J connectivity index is 2.03. The number of hydrogen-bond donors (Lipinski definition) is 1. The van der Waals surface area contributed by atoms with Gasteiger partial charge in [-0.3, -0.25) is 10.1 Å². The van der Waals surface area contributed by atoms with E-state index in [-0.39, 0.29) is 10.6 Å². The van der Waals surface area contributed by atoms with Crippen LogP contribution in [0.3, 0.4) is 0 Å². The summed E-state index contributed by atoms with van der Waals surface area (Å²) >= 11 is 4.14. The first-order chi connectivity index (χ1) is 8.50. The first-order valence-corrected chi connectivity index (χ1v) is 7.88. The molecule has 1 aromatic carbocycles. The molecule has 1 aliphatic heterocycles. The van der Waals surface area contributed by atoms with Crippen molar-refractivity contribution < 1.29 is 4.92 Å². The summed E-state index contributed by atoms with van der Waals surface area (Å²) in [7, 11) is 0. The lowest BCUT2D eigenvalue weighted by atomic mass is 10.1. The fourth-order valence-corrected chi connectivity index (χ4v) is 3.95. The zero-order valence-electron chi connectivity index (χ0n) is 10.1. The lowest BCUT2D eigenvalue weighted by Gasteiger charge is -2.23. The van der Waals surface area contributed by atoms with Gasteiger partial charge in [0, 0.05) is 32.7 Å². The number of anilines is 1. The number of benzene rings is 1. The first-order valence-electron chi connectivity index (χ1n) is 5.82. The summed E-state index contributed by atoms with van der Waals surface area (Å²) in [5.41, 5.74) is 1.13. The number of rotatable bonds is 4. The Kier molecular flexibility index (Phi) is 4.37. The summed E-state index contributed by atoms with van der Waals surface area (Å²) in [4.78, 5) is 10.3. The van der Waals surface area contributed by atoms with Crippen LogP contribution in [0.1, 0.15) is 19.8 Å². The monoisotopic (exact) mass is 378 g/mol. The third kappa shape index (κ3) is 3.28. The van der Waals surface area contributed by atoms with Crippen molar-refractivity contribution in [2.24, 2.45) is 0 Å². The molecule has 4 nitrogen and oxygen atoms in total. The standard InChI is InChI=1S/C12H15IN2O2S/c1-12(5-2-6-18-12)8-14-11-4-3-9(15(16)17)7-10(11)13/h3-4,7,14H,2,5-6,8H2,1H3. The average molecular weight is 378 g/mol. The maximum Gasteiger partial charge on any atom is 0.270 e. The van der Waals surface area contributed by atoms with Crippen LogP contribution in [-0.4, -0.2) is 22.0 Å². The van der Waals surface area contributed by atoms with Gasteiger partial charge in [0.2, 0.25) is 0 Å². The molecular weight excluding hydrogens is 363 g/mol. The van der Waals surface area contributed by atoms with Gasteiger partial charge in [-0.2, -0.15) is 11.8 Å². The number of nitrogens with zero attached hydrogens (tertiary/aromatic N) is 1. The maximum atomic E-state index is 10.7. The molecule has 1 N–H and O–H groups in total. The van der Waals surface area contributed by atoms with Crippen LogP contribution in [-0.2, 0) is 0 Å². The molecule has 1 unspecified atom stereocenters. The van der Waals surface area contributed by atoms with E-state index in [0.717, 1.165) is 15.8 Å². The highest BCUT2D eigenvalue weighted by atomic mass is 127. The van der Waals surface area contributed by atoms with E-state index in [0.29, 0.717) is 4.75 Å². The van der Waals surface area contributed by atoms with Gasteiger partial charge in [0.15, 0.2) is 0 Å². The molecular formula is C12H15IN2O2S. The molecule has 0 aliphatic carbocycles. The van der Waals surface area contributed by atoms with E-state index in [1.165, 1.54) is 18.6 Å². The minimum atomic E-state index is -0.361. The highest BCUT2D eigenvalue weighted by Crippen LogP contribution is 2.38. The molecule has 98 valence electrons. The Bertz CT molecular complexity index is 461. The van der Waals surface area contributed by atoms with Crippen molar-refractivity contribution in [2.45, 2.75) is 24.5 Å². The van der Waals surface area contributed by atoms with Crippen LogP contribution in [0, 0.1) is 13.7 Å². The van der Waals surface area contributed by atoms with Crippen LogP contribution < -0.4 is 5.32 Å². The molecule has 1 saturated heterocycles. The van der Waals surface area contributed by atoms with Crippen LogP contribution in [0.15, 0.2) is 18.2 Å². The van der Waals surface area contributed by atoms with Gasteiger partial charge in [0.05, 0.1) is 4.92 Å². The van der Waals surface area contributed by atoms with Crippen molar-refractivity contribution in [3.05, 3.63) is 31.9 Å². The summed E-state index contributed by atoms with van der Waals surface area (Å²) in [6, 6.07) is 4.95. The molecule has 18 heavy (non-hydrogen) atoms. The van der Waals surface area contributed by atoms with Gasteiger partial charge in [-0.15, -0.1) is 0 Å². The average Bonchev–Trinajstić information content (AvgIpc) is 2.75. The SMILES string of the molecule is CC1(CNc2ccc([N+](=O)[O-])cc2I)CCCS1. The number of halogens is 1. The quantitative estimate of drug-likeness (QED) is 0.491. The molecule has 0 aromatic heterocycles. The Morgan fingerprint density at radius 2 is 2.39 bits per heavy atom. The molecule has 0 spiro atoms. The fourth-order valence-electron chi connectivity index (χ4n) is 2.02. The second kappa shape index (κ2) is 5.64. The van der Waals surface area contributed by atoms with E-state index < -0.39 is 0 Å². The van der Waals surface area contributed by atoms with E-state index in [4.69, 9.17) is 0 Å². The van der Waals surface area contributed by atoms with E-state index >= 15 is 0 Å². The molecule has 0 saturated carbocycles. The smallest absolute Gasteiger partial charge is 0.270 e. The summed E-state index contributed by atoms with van der Waals surface area (Å²) in [5.74, 6) is 1.23. The number of nitrogens with one attached hydrogen (secondary N) is 1. The highest BCUT2D eigenvalue weighted by molar-refractivity contribution is 14.1. The lowest BCUT2D eigenvalue weighted by molar-refractivity contribution is -0.384. The molecule has 0 radical (unpaired) electrons. The second-order valence-electron chi connectivity index (χ2n) is 4.68. The molecule has 1 fully saturated rings. The van der Waals surface area contributed by atoms with Gasteiger partial charge in [0.1, 0.15) is 0 Å². The van der Waals surface area contributed by atoms with E-state index in [2.05, 4.69) is 34.8 Å². The predicted octanol–water partition coefficient (Wildman–Crippen LogP) is 3.90. The minimum absolute atomic E-state index is 0.145. The summed E-state index contributed by atoms with van der Waals surface area (Å²) in [6.07, 6.45) is 2.51. The summed E-state index contributed by atoms with van der Waals surface area (Å²) in [5, 5.41) is 14.1. The van der Waals surface area contributed by atoms with Gasteiger partial charge < -0.3 is 5.32 Å². The second-order valence-corrected chi connectivity index (χ2v) is 7.52. The minimum Gasteiger partial charge on any atom is -0.383 e. The highest BCUT2D eigenvalue weighted by Gasteiger charge is 2.29. The molecule has 6 heteroatoms. The molecule has 1 atom stereocenters. The van der Waals surface area contributed by atoms with Crippen LogP contribution in [0.25, 0.3) is 0 Å². The molecule has 1 heterocycles. The maximum absolute atomic E-state index is 10.7. The summed E-state index contributed by atoms with van der Waals surface area (Å²) in [6.45, 7) is 3.18. The number of nitro groups is 1.